The van der Waals surface area contributed by atoms with Crippen LogP contribution in [0.4, 0.5) is 5.82 Å². The SMILES string of the molecule is CN(CC1CCCN1C)c1ncccc1CCl. The Morgan fingerprint density at radius 3 is 3.06 bits per heavy atom. The van der Waals surface area contributed by atoms with Crippen LogP contribution in [-0.4, -0.2) is 43.1 Å². The van der Waals surface area contributed by atoms with Crippen molar-refractivity contribution in [3.63, 3.8) is 0 Å². The topological polar surface area (TPSA) is 19.4 Å². The first-order valence-electron chi connectivity index (χ1n) is 6.13. The molecule has 1 fully saturated rings. The van der Waals surface area contributed by atoms with Crippen molar-refractivity contribution < 1.29 is 0 Å². The summed E-state index contributed by atoms with van der Waals surface area (Å²) < 4.78 is 0. The third kappa shape index (κ3) is 2.90. The van der Waals surface area contributed by atoms with Crippen LogP contribution in [0.1, 0.15) is 18.4 Å². The van der Waals surface area contributed by atoms with Crippen LogP contribution in [0.15, 0.2) is 18.3 Å². The van der Waals surface area contributed by atoms with Gasteiger partial charge in [-0.05, 0) is 32.5 Å². The van der Waals surface area contributed by atoms with Gasteiger partial charge < -0.3 is 9.80 Å². The van der Waals surface area contributed by atoms with Crippen molar-refractivity contribution in [3.05, 3.63) is 23.9 Å². The van der Waals surface area contributed by atoms with Gasteiger partial charge in [0.15, 0.2) is 0 Å². The summed E-state index contributed by atoms with van der Waals surface area (Å²) >= 11 is 5.94. The molecule has 94 valence electrons. The molecule has 2 heterocycles. The highest BCUT2D eigenvalue weighted by Crippen LogP contribution is 2.21. The first kappa shape index (κ1) is 12.7. The minimum atomic E-state index is 0.522. The van der Waals surface area contributed by atoms with Crippen molar-refractivity contribution in [2.45, 2.75) is 24.8 Å². The fraction of sp³-hybridized carbons (Fsp3) is 0.615. The Bertz CT molecular complexity index is 369. The Balaban J connectivity index is 2.06. The summed E-state index contributed by atoms with van der Waals surface area (Å²) in [6.07, 6.45) is 4.42. The molecule has 1 atom stereocenters. The number of hydrogen-bond donors (Lipinski definition) is 0. The zero-order chi connectivity index (χ0) is 12.3. The second-order valence-corrected chi connectivity index (χ2v) is 5.04. The van der Waals surface area contributed by atoms with Crippen molar-refractivity contribution in [1.29, 1.82) is 0 Å². The lowest BCUT2D eigenvalue weighted by atomic mass is 10.2. The summed E-state index contributed by atoms with van der Waals surface area (Å²) in [7, 11) is 4.30. The lowest BCUT2D eigenvalue weighted by Crippen LogP contribution is -2.37. The molecule has 0 aromatic carbocycles. The van der Waals surface area contributed by atoms with Crippen LogP contribution < -0.4 is 4.90 Å². The maximum absolute atomic E-state index is 5.94. The number of alkyl halides is 1. The molecule has 3 nitrogen and oxygen atoms in total. The molecule has 1 unspecified atom stereocenters. The van der Waals surface area contributed by atoms with Crippen LogP contribution in [-0.2, 0) is 5.88 Å². The van der Waals surface area contributed by atoms with E-state index in [9.17, 15) is 0 Å². The molecule has 1 aromatic rings. The predicted octanol–water partition coefficient (Wildman–Crippen LogP) is 2.35. The molecule has 1 aromatic heterocycles. The average Bonchev–Trinajstić information content (AvgIpc) is 2.75. The van der Waals surface area contributed by atoms with E-state index >= 15 is 0 Å². The number of nitrogens with zero attached hydrogens (tertiary/aromatic N) is 3. The Kier molecular flexibility index (Phi) is 4.24. The van der Waals surface area contributed by atoms with Crippen LogP contribution in [0.3, 0.4) is 0 Å². The van der Waals surface area contributed by atoms with Crippen LogP contribution in [0, 0.1) is 0 Å². The van der Waals surface area contributed by atoms with E-state index in [1.54, 1.807) is 0 Å². The molecule has 1 aliphatic heterocycles. The fourth-order valence-electron chi connectivity index (χ4n) is 2.49. The monoisotopic (exact) mass is 253 g/mol. The summed E-state index contributed by atoms with van der Waals surface area (Å²) in [4.78, 5) is 9.10. The number of pyridine rings is 1. The van der Waals surface area contributed by atoms with Crippen LogP contribution in [0.5, 0.6) is 0 Å². The lowest BCUT2D eigenvalue weighted by Gasteiger charge is -2.27. The van der Waals surface area contributed by atoms with Gasteiger partial charge in [-0.1, -0.05) is 6.07 Å². The van der Waals surface area contributed by atoms with Crippen molar-refractivity contribution >= 4 is 17.4 Å². The third-order valence-corrected chi connectivity index (χ3v) is 3.82. The maximum Gasteiger partial charge on any atom is 0.132 e. The van der Waals surface area contributed by atoms with Crippen molar-refractivity contribution in [1.82, 2.24) is 9.88 Å². The van der Waals surface area contributed by atoms with Crippen LogP contribution in [0.25, 0.3) is 0 Å². The van der Waals surface area contributed by atoms with E-state index in [-0.39, 0.29) is 0 Å². The number of halogens is 1. The summed E-state index contributed by atoms with van der Waals surface area (Å²) in [5.41, 5.74) is 1.11. The second-order valence-electron chi connectivity index (χ2n) is 4.78. The minimum Gasteiger partial charge on any atom is -0.358 e. The standard InChI is InChI=1S/C13H20ClN3/c1-16-8-4-6-12(16)10-17(2)13-11(9-14)5-3-7-15-13/h3,5,7,12H,4,6,8-10H2,1-2H3. The highest BCUT2D eigenvalue weighted by Gasteiger charge is 2.23. The number of rotatable bonds is 4. The van der Waals surface area contributed by atoms with Gasteiger partial charge in [0.2, 0.25) is 0 Å². The van der Waals surface area contributed by atoms with E-state index in [4.69, 9.17) is 11.6 Å². The quantitative estimate of drug-likeness (QED) is 0.768. The molecule has 0 radical (unpaired) electrons. The third-order valence-electron chi connectivity index (χ3n) is 3.53. The molecule has 0 amide bonds. The van der Waals surface area contributed by atoms with E-state index in [1.807, 2.05) is 18.3 Å². The van der Waals surface area contributed by atoms with Gasteiger partial charge in [-0.2, -0.15) is 0 Å². The van der Waals surface area contributed by atoms with Gasteiger partial charge in [0.05, 0.1) is 5.88 Å². The summed E-state index contributed by atoms with van der Waals surface area (Å²) in [5.74, 6) is 1.54. The van der Waals surface area contributed by atoms with Crippen LogP contribution in [0.2, 0.25) is 0 Å². The Labute approximate surface area is 108 Å². The van der Waals surface area contributed by atoms with Crippen molar-refractivity contribution in [2.75, 3.05) is 32.1 Å². The predicted molar refractivity (Wildman–Crippen MR) is 72.7 cm³/mol. The minimum absolute atomic E-state index is 0.522. The molecule has 1 saturated heterocycles. The smallest absolute Gasteiger partial charge is 0.132 e. The largest absolute Gasteiger partial charge is 0.358 e. The van der Waals surface area contributed by atoms with E-state index < -0.39 is 0 Å². The zero-order valence-corrected chi connectivity index (χ0v) is 11.3. The van der Waals surface area contributed by atoms with E-state index in [1.165, 1.54) is 19.4 Å². The Morgan fingerprint density at radius 1 is 1.59 bits per heavy atom. The molecular formula is C13H20ClN3. The maximum atomic E-state index is 5.94. The first-order valence-corrected chi connectivity index (χ1v) is 6.67. The molecular weight excluding hydrogens is 234 g/mol. The Morgan fingerprint density at radius 2 is 2.41 bits per heavy atom. The molecule has 4 heteroatoms. The fourth-order valence-corrected chi connectivity index (χ4v) is 2.70. The zero-order valence-electron chi connectivity index (χ0n) is 10.6. The van der Waals surface area contributed by atoms with Crippen molar-refractivity contribution in [2.24, 2.45) is 0 Å². The van der Waals surface area contributed by atoms with Gasteiger partial charge in [-0.3, -0.25) is 0 Å². The molecule has 0 bridgehead atoms. The lowest BCUT2D eigenvalue weighted by molar-refractivity contribution is 0.314. The average molecular weight is 254 g/mol. The van der Waals surface area contributed by atoms with Gasteiger partial charge in [0.1, 0.15) is 5.82 Å². The highest BCUT2D eigenvalue weighted by molar-refractivity contribution is 6.17. The summed E-state index contributed by atoms with van der Waals surface area (Å²) in [6.45, 7) is 2.24. The summed E-state index contributed by atoms with van der Waals surface area (Å²) in [5, 5.41) is 0. The highest BCUT2D eigenvalue weighted by atomic mass is 35.5. The second kappa shape index (κ2) is 5.69. The number of likely N-dealkylation sites (N-methyl/N-ethyl adjacent to an activating group) is 2. The van der Waals surface area contributed by atoms with Gasteiger partial charge >= 0.3 is 0 Å². The van der Waals surface area contributed by atoms with Gasteiger partial charge in [-0.25, -0.2) is 4.98 Å². The molecule has 0 saturated carbocycles. The van der Waals surface area contributed by atoms with Crippen LogP contribution >= 0.6 is 11.6 Å². The van der Waals surface area contributed by atoms with Gasteiger partial charge in [0.25, 0.3) is 0 Å². The molecule has 0 spiro atoms. The first-order chi connectivity index (χ1) is 8.22. The van der Waals surface area contributed by atoms with Gasteiger partial charge in [-0.15, -0.1) is 11.6 Å². The van der Waals surface area contributed by atoms with E-state index in [2.05, 4.69) is 28.9 Å². The normalized spacial score (nSPS) is 20.8. The molecule has 2 rings (SSSR count). The number of likely N-dealkylation sites (tertiary alicyclic amines) is 1. The molecule has 0 aliphatic carbocycles. The molecule has 1 aliphatic rings. The molecule has 0 N–H and O–H groups in total. The number of aromatic nitrogens is 1. The van der Waals surface area contributed by atoms with E-state index in [0.29, 0.717) is 11.9 Å². The van der Waals surface area contributed by atoms with Crippen molar-refractivity contribution in [3.8, 4) is 0 Å². The number of hydrogen-bond acceptors (Lipinski definition) is 3. The van der Waals surface area contributed by atoms with E-state index in [0.717, 1.165) is 17.9 Å². The summed E-state index contributed by atoms with van der Waals surface area (Å²) in [6, 6.07) is 4.63. The number of anilines is 1. The van der Waals surface area contributed by atoms with Gasteiger partial charge in [0, 0.05) is 31.4 Å². The Hall–Kier alpha value is -0.800. The molecule has 17 heavy (non-hydrogen) atoms.